The van der Waals surface area contributed by atoms with Crippen molar-refractivity contribution in [1.82, 2.24) is 24.3 Å². The normalized spacial score (nSPS) is 21.3. The predicted molar refractivity (Wildman–Crippen MR) is 126 cm³/mol. The van der Waals surface area contributed by atoms with Gasteiger partial charge in [0.05, 0.1) is 35.2 Å². The zero-order valence-electron chi connectivity index (χ0n) is 19.4. The number of anilines is 1. The lowest BCUT2D eigenvalue weighted by molar-refractivity contribution is -0.142. The summed E-state index contributed by atoms with van der Waals surface area (Å²) in [6.07, 6.45) is 10.1. The Kier molecular flexibility index (Phi) is 5.27. The van der Waals surface area contributed by atoms with Gasteiger partial charge in [-0.3, -0.25) is 14.3 Å². The van der Waals surface area contributed by atoms with Crippen molar-refractivity contribution in [3.05, 3.63) is 36.4 Å². The molecule has 0 radical (unpaired) electrons. The van der Waals surface area contributed by atoms with Crippen LogP contribution >= 0.6 is 0 Å². The molecule has 3 aromatic rings. The minimum atomic E-state index is -0.865. The number of nitrogens with zero attached hydrogens (tertiary/aromatic N) is 6. The van der Waals surface area contributed by atoms with Gasteiger partial charge in [0.15, 0.2) is 0 Å². The molecule has 10 nitrogen and oxygen atoms in total. The van der Waals surface area contributed by atoms with Crippen LogP contribution in [0.4, 0.5) is 5.69 Å². The molecule has 2 atom stereocenters. The number of likely N-dealkylation sites (tertiary alicyclic amines) is 1. The molecule has 1 saturated heterocycles. The Morgan fingerprint density at radius 1 is 1.24 bits per heavy atom. The quantitative estimate of drug-likeness (QED) is 0.579. The monoisotopic (exact) mass is 460 g/mol. The summed E-state index contributed by atoms with van der Waals surface area (Å²) in [6, 6.07) is 4.14. The number of nitrogens with one attached hydrogen (secondary N) is 1. The van der Waals surface area contributed by atoms with Crippen LogP contribution < -0.4 is 11.1 Å². The van der Waals surface area contributed by atoms with Crippen molar-refractivity contribution in [3.63, 3.8) is 0 Å². The third-order valence-corrected chi connectivity index (χ3v) is 7.35. The molecule has 10 heteroatoms. The van der Waals surface area contributed by atoms with Gasteiger partial charge in [-0.25, -0.2) is 4.52 Å². The Bertz CT molecular complexity index is 1310. The molecule has 1 aliphatic heterocycles. The van der Waals surface area contributed by atoms with Crippen molar-refractivity contribution >= 4 is 23.0 Å². The number of carbonyl (C=O) groups is 2. The van der Waals surface area contributed by atoms with Crippen LogP contribution in [0.2, 0.25) is 0 Å². The third-order valence-electron chi connectivity index (χ3n) is 7.35. The molecule has 5 rings (SSSR count). The van der Waals surface area contributed by atoms with Crippen LogP contribution in [-0.2, 0) is 11.8 Å². The Hall–Kier alpha value is -3.87. The van der Waals surface area contributed by atoms with E-state index < -0.39 is 11.3 Å². The molecule has 1 saturated carbocycles. The molecular weight excluding hydrogens is 432 g/mol. The van der Waals surface area contributed by atoms with Crippen molar-refractivity contribution < 1.29 is 9.59 Å². The van der Waals surface area contributed by atoms with Crippen molar-refractivity contribution in [1.29, 1.82) is 5.26 Å². The average Bonchev–Trinajstić information content (AvgIpc) is 3.51. The first-order valence-electron chi connectivity index (χ1n) is 11.6. The summed E-state index contributed by atoms with van der Waals surface area (Å²) in [7, 11) is 1.85. The molecule has 1 aliphatic carbocycles. The number of aryl methyl sites for hydroxylation is 1. The van der Waals surface area contributed by atoms with E-state index in [4.69, 9.17) is 5.73 Å². The fraction of sp³-hybridized carbons (Fsp3) is 0.458. The number of amides is 2. The van der Waals surface area contributed by atoms with E-state index in [2.05, 4.69) is 28.5 Å². The van der Waals surface area contributed by atoms with Gasteiger partial charge >= 0.3 is 0 Å². The first kappa shape index (κ1) is 21.9. The summed E-state index contributed by atoms with van der Waals surface area (Å²) in [5, 5.41) is 21.8. The Morgan fingerprint density at radius 2 is 2.03 bits per heavy atom. The third kappa shape index (κ3) is 3.48. The molecule has 176 valence electrons. The maximum atomic E-state index is 13.2. The van der Waals surface area contributed by atoms with Crippen molar-refractivity contribution in [2.24, 2.45) is 24.1 Å². The van der Waals surface area contributed by atoms with Gasteiger partial charge in [-0.15, -0.1) is 0 Å². The molecule has 3 N–H and O–H groups in total. The smallest absolute Gasteiger partial charge is 0.252 e. The lowest BCUT2D eigenvalue weighted by Crippen LogP contribution is -2.46. The Morgan fingerprint density at radius 3 is 2.62 bits per heavy atom. The number of primary amides is 1. The SMILES string of the molecule is CC[C@H]1CN(C(=O)C2(C#N)CCC2)C[C@H]1Nc1c(C(N)=O)cnn2cc(-c3cnn(C)c3)cc12. The molecule has 2 amide bonds. The Balaban J connectivity index is 1.48. The molecule has 0 bridgehead atoms. The fourth-order valence-corrected chi connectivity index (χ4v) is 5.13. The maximum absolute atomic E-state index is 13.2. The summed E-state index contributed by atoms with van der Waals surface area (Å²) in [5.74, 6) is -0.458. The van der Waals surface area contributed by atoms with Crippen LogP contribution in [0.1, 0.15) is 43.0 Å². The van der Waals surface area contributed by atoms with E-state index in [9.17, 15) is 14.9 Å². The number of hydrogen-bond donors (Lipinski definition) is 2. The molecule has 2 fully saturated rings. The summed E-state index contributed by atoms with van der Waals surface area (Å²) in [4.78, 5) is 27.3. The highest BCUT2D eigenvalue weighted by atomic mass is 16.2. The molecule has 4 heterocycles. The molecule has 2 aliphatic rings. The fourth-order valence-electron chi connectivity index (χ4n) is 5.13. The van der Waals surface area contributed by atoms with Gasteiger partial charge in [0.25, 0.3) is 5.91 Å². The summed E-state index contributed by atoms with van der Waals surface area (Å²) in [5.41, 5.74) is 8.32. The minimum absolute atomic E-state index is 0.0689. The van der Waals surface area contributed by atoms with E-state index in [0.717, 1.165) is 29.5 Å². The largest absolute Gasteiger partial charge is 0.378 e. The van der Waals surface area contributed by atoms with Gasteiger partial charge in [0, 0.05) is 49.7 Å². The van der Waals surface area contributed by atoms with E-state index in [1.165, 1.54) is 6.20 Å². The standard InChI is InChI=1S/C24H28N8O2/c1-3-15-11-31(23(34)24(14-25)5-4-6-24)13-19(15)29-21-18(22(26)33)9-28-32-12-16(7-20(21)32)17-8-27-30(2)10-17/h7-10,12,15,19,29H,3-6,11,13H2,1-2H3,(H2,26,33)/t15-,19+/m0/s1. The van der Waals surface area contributed by atoms with E-state index in [0.29, 0.717) is 37.2 Å². The number of carbonyl (C=O) groups excluding carboxylic acids is 2. The van der Waals surface area contributed by atoms with Gasteiger partial charge in [0.1, 0.15) is 5.41 Å². The highest BCUT2D eigenvalue weighted by Crippen LogP contribution is 2.43. The van der Waals surface area contributed by atoms with Crippen LogP contribution in [-0.4, -0.2) is 55.2 Å². The molecular formula is C24H28N8O2. The second-order valence-electron chi connectivity index (χ2n) is 9.44. The first-order valence-corrected chi connectivity index (χ1v) is 11.6. The lowest BCUT2D eigenvalue weighted by Gasteiger charge is -2.36. The second kappa shape index (κ2) is 8.17. The van der Waals surface area contributed by atoms with Crippen LogP contribution in [0.3, 0.4) is 0 Å². The molecule has 0 spiro atoms. The topological polar surface area (TPSA) is 134 Å². The molecule has 0 aromatic carbocycles. The molecule has 3 aromatic heterocycles. The lowest BCUT2D eigenvalue weighted by atomic mass is 9.69. The summed E-state index contributed by atoms with van der Waals surface area (Å²) in [6.45, 7) is 3.15. The van der Waals surface area contributed by atoms with E-state index in [1.54, 1.807) is 15.4 Å². The van der Waals surface area contributed by atoms with E-state index in [-0.39, 0.29) is 17.9 Å². The van der Waals surface area contributed by atoms with E-state index >= 15 is 0 Å². The van der Waals surface area contributed by atoms with Crippen LogP contribution in [0.25, 0.3) is 16.6 Å². The van der Waals surface area contributed by atoms with Crippen molar-refractivity contribution in [2.75, 3.05) is 18.4 Å². The number of hydrogen-bond acceptors (Lipinski definition) is 6. The molecule has 0 unspecified atom stereocenters. The maximum Gasteiger partial charge on any atom is 0.252 e. The van der Waals surface area contributed by atoms with Gasteiger partial charge in [-0.2, -0.15) is 15.5 Å². The minimum Gasteiger partial charge on any atom is -0.378 e. The number of fused-ring (bicyclic) bond motifs is 1. The van der Waals surface area contributed by atoms with E-state index in [1.807, 2.05) is 30.4 Å². The van der Waals surface area contributed by atoms with Crippen molar-refractivity contribution in [2.45, 2.75) is 38.6 Å². The van der Waals surface area contributed by atoms with Gasteiger partial charge in [-0.1, -0.05) is 6.92 Å². The zero-order chi connectivity index (χ0) is 24.0. The van der Waals surface area contributed by atoms with Crippen LogP contribution in [0.15, 0.2) is 30.9 Å². The summed E-state index contributed by atoms with van der Waals surface area (Å²) >= 11 is 0. The number of nitriles is 1. The van der Waals surface area contributed by atoms with Gasteiger partial charge in [-0.05, 0) is 37.7 Å². The molecule has 34 heavy (non-hydrogen) atoms. The predicted octanol–water partition coefficient (Wildman–Crippen LogP) is 2.18. The highest BCUT2D eigenvalue weighted by molar-refractivity contribution is 6.02. The number of aromatic nitrogens is 4. The van der Waals surface area contributed by atoms with Gasteiger partial charge < -0.3 is 16.0 Å². The van der Waals surface area contributed by atoms with Gasteiger partial charge in [0.2, 0.25) is 5.91 Å². The highest BCUT2D eigenvalue weighted by Gasteiger charge is 2.49. The van der Waals surface area contributed by atoms with Crippen LogP contribution in [0.5, 0.6) is 0 Å². The Labute approximate surface area is 197 Å². The van der Waals surface area contributed by atoms with Crippen molar-refractivity contribution in [3.8, 4) is 17.2 Å². The number of rotatable bonds is 6. The van der Waals surface area contributed by atoms with Crippen LogP contribution in [0, 0.1) is 22.7 Å². The second-order valence-corrected chi connectivity index (χ2v) is 9.44. The zero-order valence-corrected chi connectivity index (χ0v) is 19.4. The number of nitrogens with two attached hydrogens (primary N) is 1. The first-order chi connectivity index (χ1) is 16.3. The summed E-state index contributed by atoms with van der Waals surface area (Å²) < 4.78 is 3.44. The average molecular weight is 461 g/mol.